The first-order chi connectivity index (χ1) is 8.66. The highest BCUT2D eigenvalue weighted by molar-refractivity contribution is 9.10. The van der Waals surface area contributed by atoms with E-state index in [0.717, 1.165) is 0 Å². The number of hydrogen-bond acceptors (Lipinski definition) is 6. The molecule has 0 saturated heterocycles. The van der Waals surface area contributed by atoms with Gasteiger partial charge in [-0.3, -0.25) is 10.1 Å². The first-order valence-electron chi connectivity index (χ1n) is 5.10. The van der Waals surface area contributed by atoms with Gasteiger partial charge in [-0.2, -0.15) is 4.98 Å². The van der Waals surface area contributed by atoms with Crippen molar-refractivity contribution < 1.29 is 9.45 Å². The second-order valence-electron chi connectivity index (χ2n) is 3.44. The zero-order valence-corrected chi connectivity index (χ0v) is 10.8. The van der Waals surface area contributed by atoms with Gasteiger partial charge < -0.3 is 9.84 Å². The lowest BCUT2D eigenvalue weighted by Gasteiger charge is -2.05. The molecule has 0 bridgehead atoms. The Morgan fingerprint density at radius 2 is 2.33 bits per heavy atom. The second-order valence-corrected chi connectivity index (χ2v) is 4.36. The van der Waals surface area contributed by atoms with Gasteiger partial charge in [0, 0.05) is 23.5 Å². The lowest BCUT2D eigenvalue weighted by Crippen LogP contribution is -2.07. The molecule has 0 spiro atoms. The summed E-state index contributed by atoms with van der Waals surface area (Å²) in [6.45, 7) is 0.488. The van der Waals surface area contributed by atoms with E-state index in [4.69, 9.17) is 0 Å². The molecule has 2 rings (SSSR count). The molecule has 0 radical (unpaired) electrons. The highest BCUT2D eigenvalue weighted by Gasteiger charge is 2.13. The molecule has 0 fully saturated rings. The largest absolute Gasteiger partial charge is 0.379 e. The van der Waals surface area contributed by atoms with Crippen molar-refractivity contribution in [2.75, 3.05) is 11.9 Å². The summed E-state index contributed by atoms with van der Waals surface area (Å²) in [5.74, 6) is 0.558. The van der Waals surface area contributed by atoms with E-state index in [9.17, 15) is 10.1 Å². The summed E-state index contributed by atoms with van der Waals surface area (Å²) in [7, 11) is 0. The van der Waals surface area contributed by atoms with Crippen molar-refractivity contribution in [2.45, 2.75) is 6.42 Å². The Labute approximate surface area is 110 Å². The van der Waals surface area contributed by atoms with Gasteiger partial charge in [0.05, 0.1) is 4.92 Å². The van der Waals surface area contributed by atoms with Crippen LogP contribution in [0.15, 0.2) is 33.6 Å². The predicted molar refractivity (Wildman–Crippen MR) is 67.3 cm³/mol. The fourth-order valence-corrected chi connectivity index (χ4v) is 1.77. The maximum atomic E-state index is 10.9. The molecule has 0 aliphatic heterocycles. The van der Waals surface area contributed by atoms with E-state index in [1.165, 1.54) is 12.5 Å². The van der Waals surface area contributed by atoms with Gasteiger partial charge in [-0.25, -0.2) is 0 Å². The Kier molecular flexibility index (Phi) is 3.88. The summed E-state index contributed by atoms with van der Waals surface area (Å²) in [5.41, 5.74) is 0.490. The minimum Gasteiger partial charge on any atom is -0.379 e. The van der Waals surface area contributed by atoms with Gasteiger partial charge in [0.15, 0.2) is 5.82 Å². The van der Waals surface area contributed by atoms with Gasteiger partial charge in [-0.05, 0) is 12.1 Å². The van der Waals surface area contributed by atoms with Gasteiger partial charge in [0.2, 0.25) is 6.39 Å². The lowest BCUT2D eigenvalue weighted by atomic mass is 10.2. The molecule has 1 N–H and O–H groups in total. The molecular formula is C10H9BrN4O3. The van der Waals surface area contributed by atoms with Crippen LogP contribution < -0.4 is 5.32 Å². The Hall–Kier alpha value is -1.96. The van der Waals surface area contributed by atoms with E-state index in [1.54, 1.807) is 12.1 Å². The molecule has 1 aromatic carbocycles. The molecule has 8 heteroatoms. The summed E-state index contributed by atoms with van der Waals surface area (Å²) < 4.78 is 5.26. The smallest absolute Gasteiger partial charge is 0.293 e. The van der Waals surface area contributed by atoms with E-state index in [1.807, 2.05) is 0 Å². The van der Waals surface area contributed by atoms with Crippen molar-refractivity contribution in [3.8, 4) is 0 Å². The van der Waals surface area contributed by atoms with Crippen molar-refractivity contribution in [3.63, 3.8) is 0 Å². The lowest BCUT2D eigenvalue weighted by molar-refractivity contribution is -0.384. The monoisotopic (exact) mass is 312 g/mol. The third-order valence-corrected chi connectivity index (χ3v) is 2.72. The minimum absolute atomic E-state index is 0.0255. The molecule has 1 heterocycles. The van der Waals surface area contributed by atoms with Gasteiger partial charge in [0.25, 0.3) is 5.69 Å². The number of nitrogens with zero attached hydrogens (tertiary/aromatic N) is 3. The average Bonchev–Trinajstić information content (AvgIpc) is 2.84. The Morgan fingerprint density at radius 1 is 1.50 bits per heavy atom. The molecule has 0 atom stereocenters. The number of halogens is 1. The number of hydrogen-bond donors (Lipinski definition) is 1. The molecule has 0 aliphatic rings. The molecule has 18 heavy (non-hydrogen) atoms. The van der Waals surface area contributed by atoms with E-state index in [-0.39, 0.29) is 5.69 Å². The zero-order chi connectivity index (χ0) is 13.0. The molecule has 0 saturated carbocycles. The first kappa shape index (κ1) is 12.5. The van der Waals surface area contributed by atoms with E-state index >= 15 is 0 Å². The fraction of sp³-hybridized carbons (Fsp3) is 0.200. The summed E-state index contributed by atoms with van der Waals surface area (Å²) in [4.78, 5) is 14.3. The van der Waals surface area contributed by atoms with Gasteiger partial charge in [-0.15, -0.1) is 0 Å². The maximum Gasteiger partial charge on any atom is 0.293 e. The van der Waals surface area contributed by atoms with Crippen molar-refractivity contribution in [2.24, 2.45) is 0 Å². The van der Waals surface area contributed by atoms with Crippen LogP contribution in [0.2, 0.25) is 0 Å². The number of nitrogens with one attached hydrogen (secondary N) is 1. The molecular weight excluding hydrogens is 304 g/mol. The maximum absolute atomic E-state index is 10.9. The van der Waals surface area contributed by atoms with E-state index in [2.05, 4.69) is 35.9 Å². The molecule has 0 unspecified atom stereocenters. The zero-order valence-electron chi connectivity index (χ0n) is 9.17. The Balaban J connectivity index is 2.02. The quantitative estimate of drug-likeness (QED) is 0.673. The van der Waals surface area contributed by atoms with Crippen molar-refractivity contribution in [1.82, 2.24) is 10.1 Å². The summed E-state index contributed by atoms with van der Waals surface area (Å²) in [6, 6.07) is 4.85. The van der Waals surface area contributed by atoms with Crippen LogP contribution in [0.4, 0.5) is 11.4 Å². The van der Waals surface area contributed by atoms with Crippen LogP contribution in [0.1, 0.15) is 5.82 Å². The van der Waals surface area contributed by atoms with Gasteiger partial charge >= 0.3 is 0 Å². The number of nitro groups is 1. The number of benzene rings is 1. The first-order valence-corrected chi connectivity index (χ1v) is 5.89. The number of rotatable bonds is 5. The second kappa shape index (κ2) is 5.58. The Morgan fingerprint density at radius 3 is 3.00 bits per heavy atom. The molecule has 0 amide bonds. The van der Waals surface area contributed by atoms with Crippen LogP contribution in [0.3, 0.4) is 0 Å². The number of anilines is 1. The molecule has 2 aromatic rings. The third kappa shape index (κ3) is 3.04. The van der Waals surface area contributed by atoms with Crippen molar-refractivity contribution in [1.29, 1.82) is 0 Å². The van der Waals surface area contributed by atoms with Crippen molar-refractivity contribution >= 4 is 27.3 Å². The highest BCUT2D eigenvalue weighted by Crippen LogP contribution is 2.27. The van der Waals surface area contributed by atoms with Crippen LogP contribution in [0, 0.1) is 10.1 Å². The fourth-order valence-electron chi connectivity index (χ4n) is 1.42. The van der Waals surface area contributed by atoms with E-state index < -0.39 is 4.92 Å². The number of aromatic nitrogens is 2. The predicted octanol–water partition coefficient (Wildman–Crippen LogP) is 2.39. The normalized spacial score (nSPS) is 10.3. The summed E-state index contributed by atoms with van der Waals surface area (Å²) in [5, 5.41) is 17.5. The van der Waals surface area contributed by atoms with Crippen LogP contribution in [0.5, 0.6) is 0 Å². The molecule has 94 valence electrons. The summed E-state index contributed by atoms with van der Waals surface area (Å²) >= 11 is 3.20. The van der Waals surface area contributed by atoms with Crippen LogP contribution in [0.25, 0.3) is 0 Å². The Bertz CT molecular complexity index is 544. The van der Waals surface area contributed by atoms with Crippen LogP contribution >= 0.6 is 15.9 Å². The highest BCUT2D eigenvalue weighted by atomic mass is 79.9. The molecule has 1 aromatic heterocycles. The number of nitro benzene ring substituents is 1. The topological polar surface area (TPSA) is 94.1 Å². The minimum atomic E-state index is -0.429. The van der Waals surface area contributed by atoms with Crippen LogP contribution in [-0.4, -0.2) is 21.6 Å². The summed E-state index contributed by atoms with van der Waals surface area (Å²) in [6.07, 6.45) is 1.78. The molecule has 0 aliphatic carbocycles. The van der Waals surface area contributed by atoms with Gasteiger partial charge in [0.1, 0.15) is 5.69 Å². The molecule has 7 nitrogen and oxygen atoms in total. The standard InChI is InChI=1S/C10H9BrN4O3/c11-7-1-2-8(9(5-7)15(16)17)12-4-3-10-13-6-18-14-10/h1-2,5-6,12H,3-4H2. The third-order valence-electron chi connectivity index (χ3n) is 2.23. The van der Waals surface area contributed by atoms with Crippen molar-refractivity contribution in [3.05, 3.63) is 45.0 Å². The van der Waals surface area contributed by atoms with Gasteiger partial charge in [-0.1, -0.05) is 21.1 Å². The van der Waals surface area contributed by atoms with E-state index in [0.29, 0.717) is 29.0 Å². The SMILES string of the molecule is O=[N+]([O-])c1cc(Br)ccc1NCCc1ncon1. The average molecular weight is 313 g/mol. The van der Waals surface area contributed by atoms with Crippen LogP contribution in [-0.2, 0) is 6.42 Å².